The van der Waals surface area contributed by atoms with E-state index in [4.69, 9.17) is 5.73 Å². The van der Waals surface area contributed by atoms with Gasteiger partial charge in [-0.15, -0.1) is 0 Å². The third-order valence-electron chi connectivity index (χ3n) is 2.27. The Kier molecular flexibility index (Phi) is 2.57. The smallest absolute Gasteiger partial charge is 0.0596 e. The highest BCUT2D eigenvalue weighted by Gasteiger charge is 2.21. The van der Waals surface area contributed by atoms with Crippen molar-refractivity contribution in [1.82, 2.24) is 10.3 Å². The first kappa shape index (κ1) is 8.66. The molecular formula is C10H15N3. The minimum absolute atomic E-state index is 0.0294. The second kappa shape index (κ2) is 3.85. The summed E-state index contributed by atoms with van der Waals surface area (Å²) in [6, 6.07) is 6.60. The zero-order chi connectivity index (χ0) is 9.10. The van der Waals surface area contributed by atoms with Gasteiger partial charge in [0.25, 0.3) is 0 Å². The van der Waals surface area contributed by atoms with E-state index in [-0.39, 0.29) is 6.04 Å². The molecule has 1 fully saturated rings. The molecule has 1 atom stereocenters. The van der Waals surface area contributed by atoms with E-state index < -0.39 is 0 Å². The van der Waals surface area contributed by atoms with E-state index in [1.54, 1.807) is 6.20 Å². The van der Waals surface area contributed by atoms with Crippen molar-refractivity contribution in [2.45, 2.75) is 24.9 Å². The molecule has 1 unspecified atom stereocenters. The number of hydrogen-bond acceptors (Lipinski definition) is 3. The van der Waals surface area contributed by atoms with Crippen LogP contribution in [0.3, 0.4) is 0 Å². The number of nitrogens with one attached hydrogen (secondary N) is 1. The van der Waals surface area contributed by atoms with Gasteiger partial charge in [-0.2, -0.15) is 0 Å². The molecule has 1 aromatic heterocycles. The van der Waals surface area contributed by atoms with Gasteiger partial charge in [-0.25, -0.2) is 0 Å². The summed E-state index contributed by atoms with van der Waals surface area (Å²) in [7, 11) is 0. The number of aromatic nitrogens is 1. The van der Waals surface area contributed by atoms with Gasteiger partial charge in [0.15, 0.2) is 0 Å². The molecule has 0 saturated heterocycles. The van der Waals surface area contributed by atoms with Crippen molar-refractivity contribution in [2.75, 3.05) is 6.54 Å². The van der Waals surface area contributed by atoms with Crippen molar-refractivity contribution in [3.05, 3.63) is 30.1 Å². The summed E-state index contributed by atoms with van der Waals surface area (Å²) in [6.07, 6.45) is 4.39. The molecule has 0 spiro atoms. The Morgan fingerprint density at radius 2 is 2.38 bits per heavy atom. The summed E-state index contributed by atoms with van der Waals surface area (Å²) in [5, 5.41) is 3.39. The summed E-state index contributed by atoms with van der Waals surface area (Å²) in [5.41, 5.74) is 6.91. The molecule has 0 aromatic carbocycles. The zero-order valence-electron chi connectivity index (χ0n) is 7.61. The predicted octanol–water partition coefficient (Wildman–Crippen LogP) is 0.833. The molecule has 0 aliphatic heterocycles. The molecule has 1 heterocycles. The van der Waals surface area contributed by atoms with Gasteiger partial charge in [-0.05, 0) is 25.0 Å². The van der Waals surface area contributed by atoms with E-state index in [2.05, 4.69) is 10.3 Å². The lowest BCUT2D eigenvalue weighted by molar-refractivity contribution is 0.585. The van der Waals surface area contributed by atoms with Crippen molar-refractivity contribution in [2.24, 2.45) is 5.73 Å². The van der Waals surface area contributed by atoms with Crippen molar-refractivity contribution in [3.63, 3.8) is 0 Å². The van der Waals surface area contributed by atoms with Crippen LogP contribution in [0.4, 0.5) is 0 Å². The van der Waals surface area contributed by atoms with E-state index in [1.165, 1.54) is 12.8 Å². The zero-order valence-corrected chi connectivity index (χ0v) is 7.61. The van der Waals surface area contributed by atoms with Crippen LogP contribution in [0.5, 0.6) is 0 Å². The fraction of sp³-hybridized carbons (Fsp3) is 0.500. The molecule has 1 saturated carbocycles. The average Bonchev–Trinajstić information content (AvgIpc) is 2.99. The van der Waals surface area contributed by atoms with Gasteiger partial charge in [0.1, 0.15) is 0 Å². The second-order valence-corrected chi connectivity index (χ2v) is 3.54. The molecule has 1 aromatic rings. The maximum Gasteiger partial charge on any atom is 0.0596 e. The first-order valence-electron chi connectivity index (χ1n) is 4.76. The van der Waals surface area contributed by atoms with Gasteiger partial charge in [0.2, 0.25) is 0 Å². The molecule has 70 valence electrons. The van der Waals surface area contributed by atoms with Crippen molar-refractivity contribution < 1.29 is 0 Å². The van der Waals surface area contributed by atoms with Crippen LogP contribution < -0.4 is 11.1 Å². The molecule has 0 radical (unpaired) electrons. The number of rotatable bonds is 4. The van der Waals surface area contributed by atoms with Crippen molar-refractivity contribution >= 4 is 0 Å². The van der Waals surface area contributed by atoms with Gasteiger partial charge in [0.05, 0.1) is 11.7 Å². The molecule has 2 rings (SSSR count). The number of hydrogen-bond donors (Lipinski definition) is 2. The van der Waals surface area contributed by atoms with Gasteiger partial charge >= 0.3 is 0 Å². The average molecular weight is 177 g/mol. The van der Waals surface area contributed by atoms with E-state index in [9.17, 15) is 0 Å². The lowest BCUT2D eigenvalue weighted by atomic mass is 10.2. The van der Waals surface area contributed by atoms with Gasteiger partial charge in [0, 0.05) is 18.8 Å². The number of pyridine rings is 1. The number of nitrogens with zero attached hydrogens (tertiary/aromatic N) is 1. The van der Waals surface area contributed by atoms with Crippen LogP contribution in [-0.2, 0) is 0 Å². The SMILES string of the molecule is NC(CNC1CC1)c1ccccn1. The molecule has 1 aliphatic carbocycles. The Bertz CT molecular complexity index is 256. The Morgan fingerprint density at radius 1 is 1.54 bits per heavy atom. The summed E-state index contributed by atoms with van der Waals surface area (Å²) >= 11 is 0. The molecule has 0 amide bonds. The Balaban J connectivity index is 1.85. The highest BCUT2D eigenvalue weighted by Crippen LogP contribution is 2.19. The number of nitrogens with two attached hydrogens (primary N) is 1. The second-order valence-electron chi connectivity index (χ2n) is 3.54. The Morgan fingerprint density at radius 3 is 3.00 bits per heavy atom. The molecule has 13 heavy (non-hydrogen) atoms. The van der Waals surface area contributed by atoms with Crippen LogP contribution in [0.15, 0.2) is 24.4 Å². The lowest BCUT2D eigenvalue weighted by Gasteiger charge is -2.11. The Hall–Kier alpha value is -0.930. The van der Waals surface area contributed by atoms with Crippen molar-refractivity contribution in [1.29, 1.82) is 0 Å². The van der Waals surface area contributed by atoms with E-state index in [0.29, 0.717) is 0 Å². The first-order valence-corrected chi connectivity index (χ1v) is 4.76. The van der Waals surface area contributed by atoms with E-state index >= 15 is 0 Å². The summed E-state index contributed by atoms with van der Waals surface area (Å²) in [6.45, 7) is 0.835. The fourth-order valence-electron chi connectivity index (χ4n) is 1.28. The molecule has 3 N–H and O–H groups in total. The summed E-state index contributed by atoms with van der Waals surface area (Å²) in [5.74, 6) is 0. The van der Waals surface area contributed by atoms with Crippen LogP contribution in [0.2, 0.25) is 0 Å². The van der Waals surface area contributed by atoms with Crippen LogP contribution in [0, 0.1) is 0 Å². The molecular weight excluding hydrogens is 162 g/mol. The van der Waals surface area contributed by atoms with Crippen LogP contribution in [0.1, 0.15) is 24.6 Å². The molecule has 3 nitrogen and oxygen atoms in total. The standard InChI is InChI=1S/C10H15N3/c11-9(7-13-8-4-5-8)10-3-1-2-6-12-10/h1-3,6,8-9,13H,4-5,7,11H2. The molecule has 1 aliphatic rings. The summed E-state index contributed by atoms with van der Waals surface area (Å²) < 4.78 is 0. The van der Waals surface area contributed by atoms with Crippen LogP contribution in [0.25, 0.3) is 0 Å². The first-order chi connectivity index (χ1) is 6.36. The minimum Gasteiger partial charge on any atom is -0.322 e. The highest BCUT2D eigenvalue weighted by molar-refractivity contribution is 5.08. The topological polar surface area (TPSA) is 50.9 Å². The highest BCUT2D eigenvalue weighted by atomic mass is 15.0. The van der Waals surface area contributed by atoms with Crippen molar-refractivity contribution in [3.8, 4) is 0 Å². The van der Waals surface area contributed by atoms with Gasteiger partial charge < -0.3 is 11.1 Å². The Labute approximate surface area is 78.4 Å². The maximum atomic E-state index is 5.95. The molecule has 3 heteroatoms. The summed E-state index contributed by atoms with van der Waals surface area (Å²) in [4.78, 5) is 4.21. The van der Waals surface area contributed by atoms with E-state index in [1.807, 2.05) is 18.2 Å². The van der Waals surface area contributed by atoms with Crippen LogP contribution in [-0.4, -0.2) is 17.6 Å². The third kappa shape index (κ3) is 2.50. The van der Waals surface area contributed by atoms with Gasteiger partial charge in [-0.1, -0.05) is 6.07 Å². The monoisotopic (exact) mass is 177 g/mol. The third-order valence-corrected chi connectivity index (χ3v) is 2.27. The predicted molar refractivity (Wildman–Crippen MR) is 52.2 cm³/mol. The largest absolute Gasteiger partial charge is 0.322 e. The van der Waals surface area contributed by atoms with Crippen LogP contribution >= 0.6 is 0 Å². The normalized spacial score (nSPS) is 18.5. The lowest BCUT2D eigenvalue weighted by Crippen LogP contribution is -2.28. The van der Waals surface area contributed by atoms with E-state index in [0.717, 1.165) is 18.3 Å². The minimum atomic E-state index is 0.0294. The molecule has 0 bridgehead atoms. The van der Waals surface area contributed by atoms with Gasteiger partial charge in [-0.3, -0.25) is 4.98 Å². The fourth-order valence-corrected chi connectivity index (χ4v) is 1.28. The quantitative estimate of drug-likeness (QED) is 0.716. The maximum absolute atomic E-state index is 5.95.